The largest absolute Gasteiger partial charge is 0.507 e. The molecule has 1 aliphatic heterocycles. The zero-order valence-corrected chi connectivity index (χ0v) is 26.6. The lowest BCUT2D eigenvalue weighted by Gasteiger charge is -2.46. The number of phenolic OH excluding ortho intramolecular Hbond substituents is 1. The van der Waals surface area contributed by atoms with E-state index in [4.69, 9.17) is 15.0 Å². The first-order valence-electron chi connectivity index (χ1n) is 14.7. The van der Waals surface area contributed by atoms with Crippen LogP contribution in [0.5, 0.6) is 5.75 Å². The van der Waals surface area contributed by atoms with Gasteiger partial charge >= 0.3 is 0 Å². The smallest absolute Gasteiger partial charge is 0.233 e. The highest BCUT2D eigenvalue weighted by Crippen LogP contribution is 2.36. The average Bonchev–Trinajstić information content (AvgIpc) is 2.77. The number of hydrogen-bond acceptors (Lipinski definition) is 8. The van der Waals surface area contributed by atoms with Crippen molar-refractivity contribution in [1.82, 2.24) is 20.3 Å². The van der Waals surface area contributed by atoms with Gasteiger partial charge in [0.05, 0.1) is 0 Å². The molecular formula is C31H52N6OS. The van der Waals surface area contributed by atoms with E-state index in [0.29, 0.717) is 17.6 Å². The predicted molar refractivity (Wildman–Crippen MR) is 167 cm³/mol. The van der Waals surface area contributed by atoms with Gasteiger partial charge in [0, 0.05) is 34.1 Å². The number of aromatic hydroxyl groups is 1. The van der Waals surface area contributed by atoms with E-state index in [0.717, 1.165) is 47.0 Å². The summed E-state index contributed by atoms with van der Waals surface area (Å²) in [6.07, 6.45) is 9.58. The molecular weight excluding hydrogens is 504 g/mol. The molecule has 0 aliphatic carbocycles. The molecule has 39 heavy (non-hydrogen) atoms. The first kappa shape index (κ1) is 31.5. The number of anilines is 3. The van der Waals surface area contributed by atoms with Gasteiger partial charge in [-0.1, -0.05) is 71.6 Å². The standard InChI is InChI=1S/C31H52N6OS/c1-10-11-12-13-14-15-16-39-28-35-26(32-22-17-21(2)25(38)24(18-22)29(3,4)5)34-27(36-28)33-23-19-30(6,7)37-31(8,9)20-23/h17-18,23,37-38H,10-16,19-20H2,1-9H3,(H2,32,33,34,35,36). The third kappa shape index (κ3) is 9.82. The molecule has 0 saturated carbocycles. The quantitative estimate of drug-likeness (QED) is 0.118. The van der Waals surface area contributed by atoms with Crippen LogP contribution in [0.25, 0.3) is 0 Å². The van der Waals surface area contributed by atoms with E-state index in [2.05, 4.69) is 71.3 Å². The second kappa shape index (κ2) is 13.1. The summed E-state index contributed by atoms with van der Waals surface area (Å²) < 4.78 is 0. The zero-order valence-electron chi connectivity index (χ0n) is 25.8. The summed E-state index contributed by atoms with van der Waals surface area (Å²) in [5.74, 6) is 2.48. The van der Waals surface area contributed by atoms with Crippen LogP contribution < -0.4 is 16.0 Å². The summed E-state index contributed by atoms with van der Waals surface area (Å²) in [6, 6.07) is 4.20. The molecule has 1 fully saturated rings. The summed E-state index contributed by atoms with van der Waals surface area (Å²) in [4.78, 5) is 14.4. The second-order valence-corrected chi connectivity index (χ2v) is 14.7. The van der Waals surface area contributed by atoms with Crippen molar-refractivity contribution in [3.05, 3.63) is 23.3 Å². The van der Waals surface area contributed by atoms with Gasteiger partial charge < -0.3 is 21.1 Å². The predicted octanol–water partition coefficient (Wildman–Crippen LogP) is 8.10. The molecule has 1 aromatic heterocycles. The Balaban J connectivity index is 1.83. The number of hydrogen-bond donors (Lipinski definition) is 4. The van der Waals surface area contributed by atoms with Crippen molar-refractivity contribution in [2.75, 3.05) is 16.4 Å². The van der Waals surface area contributed by atoms with Crippen LogP contribution >= 0.6 is 11.8 Å². The third-order valence-electron chi connectivity index (χ3n) is 7.23. The SMILES string of the molecule is CCCCCCCCSc1nc(Nc2cc(C)c(O)c(C(C)(C)C)c2)nc(NC2CC(C)(C)NC(C)(C)C2)n1. The molecule has 8 heteroatoms. The van der Waals surface area contributed by atoms with Crippen molar-refractivity contribution in [1.29, 1.82) is 0 Å². The van der Waals surface area contributed by atoms with Crippen molar-refractivity contribution in [2.45, 2.75) is 141 Å². The summed E-state index contributed by atoms with van der Waals surface area (Å²) in [5, 5.41) is 22.2. The number of nitrogens with one attached hydrogen (secondary N) is 3. The number of unbranched alkanes of at least 4 members (excludes halogenated alkanes) is 5. The van der Waals surface area contributed by atoms with Crippen molar-refractivity contribution < 1.29 is 5.11 Å². The molecule has 0 bridgehead atoms. The Labute approximate surface area is 241 Å². The summed E-state index contributed by atoms with van der Waals surface area (Å²) >= 11 is 1.70. The topological polar surface area (TPSA) is 95.0 Å². The lowest BCUT2D eigenvalue weighted by molar-refractivity contribution is 0.170. The first-order chi connectivity index (χ1) is 18.2. The van der Waals surface area contributed by atoms with Gasteiger partial charge in [0.1, 0.15) is 5.75 Å². The van der Waals surface area contributed by atoms with Crippen LogP contribution in [-0.2, 0) is 5.41 Å². The lowest BCUT2D eigenvalue weighted by Crippen LogP contribution is -2.60. The minimum Gasteiger partial charge on any atom is -0.507 e. The molecule has 0 spiro atoms. The first-order valence-corrected chi connectivity index (χ1v) is 15.7. The Morgan fingerprint density at radius 3 is 2.21 bits per heavy atom. The fraction of sp³-hybridized carbons (Fsp3) is 0.710. The van der Waals surface area contributed by atoms with Gasteiger partial charge in [0.15, 0.2) is 5.16 Å². The van der Waals surface area contributed by atoms with Gasteiger partial charge in [0.25, 0.3) is 0 Å². The summed E-state index contributed by atoms with van der Waals surface area (Å²) in [6.45, 7) is 19.5. The van der Waals surface area contributed by atoms with Crippen molar-refractivity contribution >= 4 is 29.3 Å². The molecule has 3 rings (SSSR count). The van der Waals surface area contributed by atoms with Gasteiger partial charge in [-0.05, 0) is 77.0 Å². The zero-order chi connectivity index (χ0) is 28.8. The van der Waals surface area contributed by atoms with E-state index in [-0.39, 0.29) is 22.5 Å². The molecule has 7 nitrogen and oxygen atoms in total. The van der Waals surface area contributed by atoms with Crippen LogP contribution in [0.15, 0.2) is 17.3 Å². The van der Waals surface area contributed by atoms with Crippen molar-refractivity contribution in [3.63, 3.8) is 0 Å². The monoisotopic (exact) mass is 556 g/mol. The molecule has 0 unspecified atom stereocenters. The number of phenols is 1. The Hall–Kier alpha value is -2.06. The fourth-order valence-electron chi connectivity index (χ4n) is 5.75. The molecule has 2 heterocycles. The van der Waals surface area contributed by atoms with Crippen LogP contribution in [0.1, 0.15) is 118 Å². The highest BCUT2D eigenvalue weighted by Gasteiger charge is 2.38. The molecule has 2 aromatic rings. The van der Waals surface area contributed by atoms with E-state index < -0.39 is 0 Å². The molecule has 218 valence electrons. The minimum atomic E-state index is -0.189. The maximum Gasteiger partial charge on any atom is 0.233 e. The van der Waals surface area contributed by atoms with Crippen LogP contribution in [0, 0.1) is 6.92 Å². The number of piperidine rings is 1. The second-order valence-electron chi connectivity index (χ2n) is 13.6. The number of thioether (sulfide) groups is 1. The van der Waals surface area contributed by atoms with Crippen LogP contribution in [-0.4, -0.2) is 42.9 Å². The molecule has 1 aromatic carbocycles. The Bertz CT molecular complexity index is 1080. The molecule has 4 N–H and O–H groups in total. The van der Waals surface area contributed by atoms with E-state index >= 15 is 0 Å². The van der Waals surface area contributed by atoms with Crippen LogP contribution in [0.4, 0.5) is 17.6 Å². The number of aryl methyl sites for hydroxylation is 1. The molecule has 1 aliphatic rings. The number of nitrogens with zero attached hydrogens (tertiary/aromatic N) is 3. The number of aromatic nitrogens is 3. The van der Waals surface area contributed by atoms with Gasteiger partial charge in [-0.25, -0.2) is 0 Å². The minimum absolute atomic E-state index is 0.0236. The van der Waals surface area contributed by atoms with E-state index in [1.54, 1.807) is 11.8 Å². The van der Waals surface area contributed by atoms with Gasteiger partial charge in [-0.3, -0.25) is 0 Å². The average molecular weight is 557 g/mol. The molecule has 0 radical (unpaired) electrons. The van der Waals surface area contributed by atoms with Crippen LogP contribution in [0.3, 0.4) is 0 Å². The molecule has 0 amide bonds. The lowest BCUT2D eigenvalue weighted by atomic mass is 9.80. The normalized spacial score (nSPS) is 17.3. The highest BCUT2D eigenvalue weighted by molar-refractivity contribution is 7.99. The van der Waals surface area contributed by atoms with E-state index in [1.165, 1.54) is 32.1 Å². The maximum atomic E-state index is 10.7. The van der Waals surface area contributed by atoms with Crippen LogP contribution in [0.2, 0.25) is 0 Å². The van der Waals surface area contributed by atoms with E-state index in [9.17, 15) is 5.11 Å². The van der Waals surface area contributed by atoms with Gasteiger partial charge in [-0.2, -0.15) is 15.0 Å². The molecule has 0 atom stereocenters. The Morgan fingerprint density at radius 1 is 0.949 bits per heavy atom. The van der Waals surface area contributed by atoms with Gasteiger partial charge in [0.2, 0.25) is 11.9 Å². The maximum absolute atomic E-state index is 10.7. The fourth-order valence-corrected chi connectivity index (χ4v) is 6.58. The Morgan fingerprint density at radius 2 is 1.56 bits per heavy atom. The summed E-state index contributed by atoms with van der Waals surface area (Å²) in [7, 11) is 0. The Kier molecular flexibility index (Phi) is 10.5. The third-order valence-corrected chi connectivity index (χ3v) is 8.17. The number of benzene rings is 1. The highest BCUT2D eigenvalue weighted by atomic mass is 32.2. The van der Waals surface area contributed by atoms with Crippen molar-refractivity contribution in [2.24, 2.45) is 0 Å². The number of rotatable bonds is 12. The van der Waals surface area contributed by atoms with E-state index in [1.807, 2.05) is 19.1 Å². The summed E-state index contributed by atoms with van der Waals surface area (Å²) in [5.41, 5.74) is 2.45. The van der Waals surface area contributed by atoms with Gasteiger partial charge in [-0.15, -0.1) is 0 Å². The molecule has 1 saturated heterocycles. The van der Waals surface area contributed by atoms with Crippen molar-refractivity contribution in [3.8, 4) is 5.75 Å².